The average Bonchev–Trinajstić information content (AvgIpc) is 2.86. The first-order valence-corrected chi connectivity index (χ1v) is 6.02. The predicted molar refractivity (Wildman–Crippen MR) is 64.9 cm³/mol. The SMILES string of the molecule is Cc1cccc2nc(C3CCCN3)c(Cl)n12. The number of pyridine rings is 1. The molecule has 4 heteroatoms. The van der Waals surface area contributed by atoms with E-state index in [4.69, 9.17) is 11.6 Å². The minimum absolute atomic E-state index is 0.326. The van der Waals surface area contributed by atoms with E-state index in [0.29, 0.717) is 6.04 Å². The Morgan fingerprint density at radius 1 is 1.50 bits per heavy atom. The lowest BCUT2D eigenvalue weighted by atomic mass is 10.2. The molecule has 16 heavy (non-hydrogen) atoms. The van der Waals surface area contributed by atoms with Gasteiger partial charge in [0.25, 0.3) is 0 Å². The molecule has 1 fully saturated rings. The molecule has 0 amide bonds. The number of halogens is 1. The lowest BCUT2D eigenvalue weighted by Gasteiger charge is -2.06. The fourth-order valence-electron chi connectivity index (χ4n) is 2.37. The molecule has 0 spiro atoms. The maximum Gasteiger partial charge on any atom is 0.138 e. The summed E-state index contributed by atoms with van der Waals surface area (Å²) >= 11 is 6.40. The highest BCUT2D eigenvalue weighted by Gasteiger charge is 2.23. The van der Waals surface area contributed by atoms with E-state index in [2.05, 4.69) is 10.3 Å². The molecular formula is C12H14ClN3. The van der Waals surface area contributed by atoms with Crippen molar-refractivity contribution >= 4 is 17.2 Å². The molecule has 3 rings (SSSR count). The van der Waals surface area contributed by atoms with Gasteiger partial charge in [0.2, 0.25) is 0 Å². The van der Waals surface area contributed by atoms with Gasteiger partial charge in [-0.2, -0.15) is 0 Å². The zero-order valence-electron chi connectivity index (χ0n) is 9.20. The van der Waals surface area contributed by atoms with Crippen molar-refractivity contribution in [2.75, 3.05) is 6.54 Å². The average molecular weight is 236 g/mol. The second-order valence-corrected chi connectivity index (χ2v) is 4.66. The van der Waals surface area contributed by atoms with Crippen LogP contribution in [-0.4, -0.2) is 15.9 Å². The van der Waals surface area contributed by atoms with Gasteiger partial charge < -0.3 is 5.32 Å². The van der Waals surface area contributed by atoms with Crippen molar-refractivity contribution in [3.05, 3.63) is 34.7 Å². The van der Waals surface area contributed by atoms with Crippen molar-refractivity contribution in [1.29, 1.82) is 0 Å². The third-order valence-electron chi connectivity index (χ3n) is 3.20. The number of imidazole rings is 1. The number of hydrogen-bond acceptors (Lipinski definition) is 2. The van der Waals surface area contributed by atoms with Crippen LogP contribution in [0, 0.1) is 6.92 Å². The van der Waals surface area contributed by atoms with Crippen LogP contribution in [0.3, 0.4) is 0 Å². The molecule has 1 aliphatic heterocycles. The Kier molecular flexibility index (Phi) is 2.37. The zero-order chi connectivity index (χ0) is 11.1. The van der Waals surface area contributed by atoms with Gasteiger partial charge in [-0.3, -0.25) is 4.40 Å². The summed E-state index contributed by atoms with van der Waals surface area (Å²) in [6.45, 7) is 3.11. The van der Waals surface area contributed by atoms with Crippen molar-refractivity contribution in [2.24, 2.45) is 0 Å². The standard InChI is InChI=1S/C12H14ClN3/c1-8-4-2-6-10-15-11(12(13)16(8)10)9-5-3-7-14-9/h2,4,6,9,14H,3,5,7H2,1H3. The molecule has 1 saturated heterocycles. The van der Waals surface area contributed by atoms with Crippen LogP contribution in [0.2, 0.25) is 5.15 Å². The molecule has 0 aliphatic carbocycles. The first-order chi connectivity index (χ1) is 7.77. The van der Waals surface area contributed by atoms with E-state index in [1.54, 1.807) is 0 Å². The highest BCUT2D eigenvalue weighted by molar-refractivity contribution is 6.30. The van der Waals surface area contributed by atoms with Gasteiger partial charge in [0, 0.05) is 5.69 Å². The summed E-state index contributed by atoms with van der Waals surface area (Å²) in [5.74, 6) is 0. The largest absolute Gasteiger partial charge is 0.309 e. The topological polar surface area (TPSA) is 29.3 Å². The van der Waals surface area contributed by atoms with Crippen LogP contribution in [0.1, 0.15) is 30.3 Å². The smallest absolute Gasteiger partial charge is 0.138 e. The first kappa shape index (κ1) is 10.1. The molecular weight excluding hydrogens is 222 g/mol. The predicted octanol–water partition coefficient (Wildman–Crippen LogP) is 2.72. The maximum absolute atomic E-state index is 6.40. The number of aromatic nitrogens is 2. The van der Waals surface area contributed by atoms with E-state index in [0.717, 1.165) is 35.2 Å². The van der Waals surface area contributed by atoms with Crippen LogP contribution < -0.4 is 5.32 Å². The van der Waals surface area contributed by atoms with Crippen LogP contribution in [-0.2, 0) is 0 Å². The van der Waals surface area contributed by atoms with E-state index in [9.17, 15) is 0 Å². The van der Waals surface area contributed by atoms with Gasteiger partial charge in [-0.1, -0.05) is 17.7 Å². The van der Waals surface area contributed by atoms with Crippen LogP contribution in [0.25, 0.3) is 5.65 Å². The Labute approximate surface area is 99.4 Å². The molecule has 1 atom stereocenters. The Morgan fingerprint density at radius 3 is 3.06 bits per heavy atom. The minimum atomic E-state index is 0.326. The molecule has 2 aromatic heterocycles. The maximum atomic E-state index is 6.40. The molecule has 0 bridgehead atoms. The zero-order valence-corrected chi connectivity index (χ0v) is 9.96. The van der Waals surface area contributed by atoms with Gasteiger partial charge in [0.05, 0.1) is 11.7 Å². The van der Waals surface area contributed by atoms with Gasteiger partial charge in [-0.15, -0.1) is 0 Å². The third kappa shape index (κ3) is 1.43. The van der Waals surface area contributed by atoms with Crippen LogP contribution >= 0.6 is 11.6 Å². The summed E-state index contributed by atoms with van der Waals surface area (Å²) in [6, 6.07) is 6.38. The van der Waals surface area contributed by atoms with Crippen molar-refractivity contribution < 1.29 is 0 Å². The molecule has 0 radical (unpaired) electrons. The number of nitrogens with one attached hydrogen (secondary N) is 1. The lowest BCUT2D eigenvalue weighted by Crippen LogP contribution is -2.13. The molecule has 84 valence electrons. The van der Waals surface area contributed by atoms with E-state index >= 15 is 0 Å². The molecule has 0 aromatic carbocycles. The summed E-state index contributed by atoms with van der Waals surface area (Å²) in [5, 5.41) is 4.19. The molecule has 1 unspecified atom stereocenters. The van der Waals surface area contributed by atoms with E-state index in [1.165, 1.54) is 6.42 Å². The Balaban J connectivity index is 2.19. The van der Waals surface area contributed by atoms with Gasteiger partial charge >= 0.3 is 0 Å². The first-order valence-electron chi connectivity index (χ1n) is 5.64. The fourth-order valence-corrected chi connectivity index (χ4v) is 2.76. The van der Waals surface area contributed by atoms with Gasteiger partial charge in [-0.25, -0.2) is 4.98 Å². The molecule has 3 heterocycles. The van der Waals surface area contributed by atoms with Crippen molar-refractivity contribution in [3.63, 3.8) is 0 Å². The van der Waals surface area contributed by atoms with Crippen LogP contribution in [0.5, 0.6) is 0 Å². The van der Waals surface area contributed by atoms with E-state index < -0.39 is 0 Å². The summed E-state index contributed by atoms with van der Waals surface area (Å²) in [6.07, 6.45) is 2.33. The summed E-state index contributed by atoms with van der Waals surface area (Å²) < 4.78 is 2.01. The van der Waals surface area contributed by atoms with E-state index in [-0.39, 0.29) is 0 Å². The summed E-state index contributed by atoms with van der Waals surface area (Å²) in [4.78, 5) is 4.62. The third-order valence-corrected chi connectivity index (χ3v) is 3.56. The minimum Gasteiger partial charge on any atom is -0.309 e. The highest BCUT2D eigenvalue weighted by Crippen LogP contribution is 2.30. The number of hydrogen-bond donors (Lipinski definition) is 1. The molecule has 2 aromatic rings. The van der Waals surface area contributed by atoms with Crippen molar-refractivity contribution in [2.45, 2.75) is 25.8 Å². The molecule has 3 nitrogen and oxygen atoms in total. The van der Waals surface area contributed by atoms with Crippen molar-refractivity contribution in [3.8, 4) is 0 Å². The fraction of sp³-hybridized carbons (Fsp3) is 0.417. The quantitative estimate of drug-likeness (QED) is 0.824. The number of rotatable bonds is 1. The lowest BCUT2D eigenvalue weighted by molar-refractivity contribution is 0.632. The van der Waals surface area contributed by atoms with Crippen LogP contribution in [0.4, 0.5) is 0 Å². The van der Waals surface area contributed by atoms with Crippen LogP contribution in [0.15, 0.2) is 18.2 Å². The monoisotopic (exact) mass is 235 g/mol. The normalized spacial score (nSPS) is 20.8. The molecule has 1 N–H and O–H groups in total. The van der Waals surface area contributed by atoms with Gasteiger partial charge in [0.1, 0.15) is 10.8 Å². The number of fused-ring (bicyclic) bond motifs is 1. The summed E-state index contributed by atoms with van der Waals surface area (Å²) in [5.41, 5.74) is 3.06. The van der Waals surface area contributed by atoms with Crippen molar-refractivity contribution in [1.82, 2.24) is 14.7 Å². The Hall–Kier alpha value is -1.06. The second kappa shape index (κ2) is 3.75. The van der Waals surface area contributed by atoms with Gasteiger partial charge in [0.15, 0.2) is 0 Å². The molecule has 0 saturated carbocycles. The van der Waals surface area contributed by atoms with E-state index in [1.807, 2.05) is 29.5 Å². The Bertz CT molecular complexity index is 526. The molecule has 1 aliphatic rings. The number of aryl methyl sites for hydroxylation is 1. The highest BCUT2D eigenvalue weighted by atomic mass is 35.5. The second-order valence-electron chi connectivity index (χ2n) is 4.30. The number of nitrogens with zero attached hydrogens (tertiary/aromatic N) is 2. The van der Waals surface area contributed by atoms with Gasteiger partial charge in [-0.05, 0) is 38.4 Å². The summed E-state index contributed by atoms with van der Waals surface area (Å²) in [7, 11) is 0. The Morgan fingerprint density at radius 2 is 2.38 bits per heavy atom.